The SMILES string of the molecule is NC(=O)c1ccc(CSCC(N)C(=O)O)c([N+](=O)[O-])c1. The van der Waals surface area contributed by atoms with E-state index in [1.807, 2.05) is 0 Å². The van der Waals surface area contributed by atoms with Gasteiger partial charge in [-0.3, -0.25) is 19.7 Å². The van der Waals surface area contributed by atoms with Crippen molar-refractivity contribution in [3.63, 3.8) is 0 Å². The summed E-state index contributed by atoms with van der Waals surface area (Å²) in [6.07, 6.45) is 0. The van der Waals surface area contributed by atoms with Crippen molar-refractivity contribution in [1.82, 2.24) is 0 Å². The molecule has 0 saturated heterocycles. The number of nitrogens with zero attached hydrogens (tertiary/aromatic N) is 1. The number of hydrogen-bond acceptors (Lipinski definition) is 6. The van der Waals surface area contributed by atoms with E-state index in [1.165, 1.54) is 12.1 Å². The zero-order chi connectivity index (χ0) is 15.3. The molecule has 0 saturated carbocycles. The van der Waals surface area contributed by atoms with Crippen molar-refractivity contribution < 1.29 is 19.6 Å². The van der Waals surface area contributed by atoms with Crippen molar-refractivity contribution in [1.29, 1.82) is 0 Å². The second kappa shape index (κ2) is 6.87. The third-order valence-electron chi connectivity index (χ3n) is 2.44. The summed E-state index contributed by atoms with van der Waals surface area (Å²) in [6, 6.07) is 2.90. The van der Waals surface area contributed by atoms with Crippen LogP contribution in [0.25, 0.3) is 0 Å². The summed E-state index contributed by atoms with van der Waals surface area (Å²) in [5.41, 5.74) is 10.6. The number of nitro groups is 1. The molecule has 1 amide bonds. The summed E-state index contributed by atoms with van der Waals surface area (Å²) >= 11 is 1.16. The van der Waals surface area contributed by atoms with Crippen molar-refractivity contribution in [3.05, 3.63) is 39.4 Å². The first-order valence-corrected chi connectivity index (χ1v) is 6.61. The standard InChI is InChI=1S/C11H13N3O5S/c12-8(11(16)17)5-20-4-7-2-1-6(10(13)15)3-9(7)14(18)19/h1-3,8H,4-5,12H2,(H2,13,15)(H,16,17). The number of thioether (sulfide) groups is 1. The van der Waals surface area contributed by atoms with Crippen LogP contribution < -0.4 is 11.5 Å². The molecule has 1 aromatic carbocycles. The second-order valence-electron chi connectivity index (χ2n) is 3.92. The Morgan fingerprint density at radius 1 is 1.45 bits per heavy atom. The van der Waals surface area contributed by atoms with E-state index in [1.54, 1.807) is 0 Å². The van der Waals surface area contributed by atoms with Crippen LogP contribution in [-0.2, 0) is 10.5 Å². The lowest BCUT2D eigenvalue weighted by atomic mass is 10.1. The number of nitrogens with two attached hydrogens (primary N) is 2. The van der Waals surface area contributed by atoms with Crippen LogP contribution in [0.15, 0.2) is 18.2 Å². The van der Waals surface area contributed by atoms with Gasteiger partial charge < -0.3 is 16.6 Å². The van der Waals surface area contributed by atoms with Gasteiger partial charge in [0.15, 0.2) is 0 Å². The molecule has 1 unspecified atom stereocenters. The Hall–Kier alpha value is -2.13. The summed E-state index contributed by atoms with van der Waals surface area (Å²) in [6.45, 7) is 0. The molecule has 1 aromatic rings. The fraction of sp³-hybridized carbons (Fsp3) is 0.273. The Labute approximate surface area is 118 Å². The van der Waals surface area contributed by atoms with E-state index in [0.717, 1.165) is 17.8 Å². The molecule has 20 heavy (non-hydrogen) atoms. The molecule has 0 bridgehead atoms. The maximum atomic E-state index is 11.0. The fourth-order valence-corrected chi connectivity index (χ4v) is 2.35. The van der Waals surface area contributed by atoms with Gasteiger partial charge in [-0.25, -0.2) is 0 Å². The molecule has 8 nitrogen and oxygen atoms in total. The van der Waals surface area contributed by atoms with Crippen LogP contribution in [0.1, 0.15) is 15.9 Å². The summed E-state index contributed by atoms with van der Waals surface area (Å²) in [5, 5.41) is 19.5. The van der Waals surface area contributed by atoms with E-state index >= 15 is 0 Å². The molecule has 0 spiro atoms. The second-order valence-corrected chi connectivity index (χ2v) is 4.95. The molecule has 108 valence electrons. The highest BCUT2D eigenvalue weighted by Crippen LogP contribution is 2.24. The number of nitro benzene ring substituents is 1. The van der Waals surface area contributed by atoms with Gasteiger partial charge in [-0.05, 0) is 6.07 Å². The summed E-state index contributed by atoms with van der Waals surface area (Å²) < 4.78 is 0. The maximum Gasteiger partial charge on any atom is 0.321 e. The third-order valence-corrected chi connectivity index (χ3v) is 3.55. The smallest absolute Gasteiger partial charge is 0.321 e. The van der Waals surface area contributed by atoms with Gasteiger partial charge in [-0.15, -0.1) is 0 Å². The van der Waals surface area contributed by atoms with Gasteiger partial charge in [-0.2, -0.15) is 11.8 Å². The number of benzene rings is 1. The number of carboxylic acid groups (broad SMARTS) is 1. The number of carboxylic acids is 1. The lowest BCUT2D eigenvalue weighted by molar-refractivity contribution is -0.385. The van der Waals surface area contributed by atoms with E-state index in [-0.39, 0.29) is 22.8 Å². The number of carbonyl (C=O) groups is 2. The van der Waals surface area contributed by atoms with Gasteiger partial charge in [0.05, 0.1) is 4.92 Å². The molecule has 0 aliphatic heterocycles. The Bertz CT molecular complexity index is 549. The van der Waals surface area contributed by atoms with Crippen LogP contribution in [0.5, 0.6) is 0 Å². The highest BCUT2D eigenvalue weighted by Gasteiger charge is 2.17. The zero-order valence-electron chi connectivity index (χ0n) is 10.3. The lowest BCUT2D eigenvalue weighted by Gasteiger charge is -2.07. The molecule has 0 fully saturated rings. The molecule has 1 atom stereocenters. The Morgan fingerprint density at radius 3 is 2.60 bits per heavy atom. The molecule has 0 radical (unpaired) electrons. The largest absolute Gasteiger partial charge is 0.480 e. The number of carbonyl (C=O) groups excluding carboxylic acids is 1. The van der Waals surface area contributed by atoms with Crippen LogP contribution in [0.3, 0.4) is 0 Å². The molecular weight excluding hydrogens is 286 g/mol. The first-order valence-electron chi connectivity index (χ1n) is 5.46. The summed E-state index contributed by atoms with van der Waals surface area (Å²) in [5.74, 6) is -1.53. The van der Waals surface area contributed by atoms with Crippen LogP contribution in [0.4, 0.5) is 5.69 Å². The summed E-state index contributed by atoms with van der Waals surface area (Å²) in [7, 11) is 0. The van der Waals surface area contributed by atoms with Crippen molar-refractivity contribution in [3.8, 4) is 0 Å². The monoisotopic (exact) mass is 299 g/mol. The van der Waals surface area contributed by atoms with E-state index in [2.05, 4.69) is 0 Å². The van der Waals surface area contributed by atoms with Crippen LogP contribution in [-0.4, -0.2) is 33.7 Å². The normalized spacial score (nSPS) is 11.8. The van der Waals surface area contributed by atoms with Crippen molar-refractivity contribution in [2.24, 2.45) is 11.5 Å². The highest BCUT2D eigenvalue weighted by molar-refractivity contribution is 7.98. The Kier molecular flexibility index (Phi) is 5.47. The predicted molar refractivity (Wildman–Crippen MR) is 73.4 cm³/mol. The quantitative estimate of drug-likeness (QED) is 0.485. The molecule has 0 aromatic heterocycles. The van der Waals surface area contributed by atoms with E-state index < -0.39 is 22.8 Å². The van der Waals surface area contributed by atoms with E-state index in [0.29, 0.717) is 5.56 Å². The number of hydrogen-bond donors (Lipinski definition) is 3. The molecule has 0 aliphatic carbocycles. The Morgan fingerprint density at radius 2 is 2.10 bits per heavy atom. The summed E-state index contributed by atoms with van der Waals surface area (Å²) in [4.78, 5) is 31.8. The van der Waals surface area contributed by atoms with E-state index in [9.17, 15) is 19.7 Å². The maximum absolute atomic E-state index is 11.0. The molecular formula is C11H13N3O5S. The average molecular weight is 299 g/mol. The van der Waals surface area contributed by atoms with Crippen molar-refractivity contribution in [2.45, 2.75) is 11.8 Å². The fourth-order valence-electron chi connectivity index (χ4n) is 1.38. The van der Waals surface area contributed by atoms with Gasteiger partial charge in [0, 0.05) is 28.7 Å². The minimum Gasteiger partial charge on any atom is -0.480 e. The zero-order valence-corrected chi connectivity index (χ0v) is 11.1. The third kappa shape index (κ3) is 4.21. The minimum atomic E-state index is -1.13. The molecule has 0 aliphatic rings. The van der Waals surface area contributed by atoms with Gasteiger partial charge >= 0.3 is 5.97 Å². The van der Waals surface area contributed by atoms with Gasteiger partial charge in [0.1, 0.15) is 6.04 Å². The number of amides is 1. The van der Waals surface area contributed by atoms with Crippen molar-refractivity contribution >= 4 is 29.3 Å². The van der Waals surface area contributed by atoms with Gasteiger partial charge in [-0.1, -0.05) is 6.07 Å². The first kappa shape index (κ1) is 15.9. The molecule has 0 heterocycles. The predicted octanol–water partition coefficient (Wildman–Crippen LogP) is 0.339. The number of primary amides is 1. The van der Waals surface area contributed by atoms with Crippen LogP contribution in [0, 0.1) is 10.1 Å². The molecule has 9 heteroatoms. The first-order chi connectivity index (χ1) is 9.32. The number of aliphatic carboxylic acids is 1. The minimum absolute atomic E-state index is 0.0488. The van der Waals surface area contributed by atoms with Crippen LogP contribution >= 0.6 is 11.8 Å². The number of rotatable bonds is 7. The van der Waals surface area contributed by atoms with Gasteiger partial charge in [0.25, 0.3) is 5.69 Å². The lowest BCUT2D eigenvalue weighted by Crippen LogP contribution is -2.32. The van der Waals surface area contributed by atoms with Crippen LogP contribution in [0.2, 0.25) is 0 Å². The van der Waals surface area contributed by atoms with Crippen molar-refractivity contribution in [2.75, 3.05) is 5.75 Å². The Balaban J connectivity index is 2.82. The van der Waals surface area contributed by atoms with E-state index in [4.69, 9.17) is 16.6 Å². The van der Waals surface area contributed by atoms with Gasteiger partial charge in [0.2, 0.25) is 5.91 Å². The topological polar surface area (TPSA) is 150 Å². The average Bonchev–Trinajstić information content (AvgIpc) is 2.38. The molecule has 1 rings (SSSR count). The molecule has 5 N–H and O–H groups in total. The highest BCUT2D eigenvalue weighted by atomic mass is 32.2.